The SMILES string of the molecule is CC(C)(C)NCCC(=O)Nc1cccc(C(=O)O)c1. The molecule has 1 rings (SSSR count). The lowest BCUT2D eigenvalue weighted by Crippen LogP contribution is -2.37. The average molecular weight is 264 g/mol. The second-order valence-electron chi connectivity index (χ2n) is 5.36. The molecular formula is C14H20N2O3. The second kappa shape index (κ2) is 6.33. The van der Waals surface area contributed by atoms with Crippen molar-refractivity contribution in [2.24, 2.45) is 0 Å². The van der Waals surface area contributed by atoms with E-state index in [1.54, 1.807) is 12.1 Å². The van der Waals surface area contributed by atoms with Gasteiger partial charge in [-0.25, -0.2) is 4.79 Å². The van der Waals surface area contributed by atoms with Gasteiger partial charge in [0.15, 0.2) is 0 Å². The van der Waals surface area contributed by atoms with Crippen LogP contribution in [0.3, 0.4) is 0 Å². The first-order valence-corrected chi connectivity index (χ1v) is 6.16. The van der Waals surface area contributed by atoms with Crippen LogP contribution in [0.25, 0.3) is 0 Å². The quantitative estimate of drug-likeness (QED) is 0.761. The van der Waals surface area contributed by atoms with Crippen molar-refractivity contribution in [3.8, 4) is 0 Å². The van der Waals surface area contributed by atoms with Gasteiger partial charge in [-0.2, -0.15) is 0 Å². The number of carbonyl (C=O) groups is 2. The van der Waals surface area contributed by atoms with Crippen molar-refractivity contribution < 1.29 is 14.7 Å². The molecule has 5 nitrogen and oxygen atoms in total. The molecule has 1 amide bonds. The molecule has 0 fully saturated rings. The monoisotopic (exact) mass is 264 g/mol. The van der Waals surface area contributed by atoms with Gasteiger partial charge in [-0.3, -0.25) is 4.79 Å². The number of amides is 1. The maximum absolute atomic E-state index is 11.7. The number of aromatic carboxylic acids is 1. The van der Waals surface area contributed by atoms with Crippen LogP contribution in [0.4, 0.5) is 5.69 Å². The van der Waals surface area contributed by atoms with Gasteiger partial charge in [0, 0.05) is 24.2 Å². The third-order valence-electron chi connectivity index (χ3n) is 2.40. The lowest BCUT2D eigenvalue weighted by Gasteiger charge is -2.20. The van der Waals surface area contributed by atoms with Gasteiger partial charge in [-0.05, 0) is 39.0 Å². The zero-order chi connectivity index (χ0) is 14.5. The van der Waals surface area contributed by atoms with E-state index in [1.807, 2.05) is 20.8 Å². The molecule has 3 N–H and O–H groups in total. The molecule has 5 heteroatoms. The number of rotatable bonds is 5. The van der Waals surface area contributed by atoms with E-state index in [9.17, 15) is 9.59 Å². The number of carbonyl (C=O) groups excluding carboxylic acids is 1. The molecule has 0 aromatic heterocycles. The summed E-state index contributed by atoms with van der Waals surface area (Å²) in [5.74, 6) is -1.15. The van der Waals surface area contributed by atoms with Crippen molar-refractivity contribution in [2.75, 3.05) is 11.9 Å². The molecule has 1 aromatic rings. The number of carboxylic acids is 1. The van der Waals surface area contributed by atoms with Crippen LogP contribution in [-0.2, 0) is 4.79 Å². The van der Waals surface area contributed by atoms with E-state index in [2.05, 4.69) is 10.6 Å². The van der Waals surface area contributed by atoms with E-state index in [4.69, 9.17) is 5.11 Å². The van der Waals surface area contributed by atoms with E-state index in [1.165, 1.54) is 12.1 Å². The largest absolute Gasteiger partial charge is 0.478 e. The van der Waals surface area contributed by atoms with E-state index in [-0.39, 0.29) is 17.0 Å². The third-order valence-corrected chi connectivity index (χ3v) is 2.40. The molecule has 1 aromatic carbocycles. The van der Waals surface area contributed by atoms with Crippen molar-refractivity contribution in [3.05, 3.63) is 29.8 Å². The molecule has 19 heavy (non-hydrogen) atoms. The molecule has 0 aliphatic heterocycles. The maximum atomic E-state index is 11.7. The standard InChI is InChI=1S/C14H20N2O3/c1-14(2,3)15-8-7-12(17)16-11-6-4-5-10(9-11)13(18)19/h4-6,9,15H,7-8H2,1-3H3,(H,16,17)(H,18,19). The fourth-order valence-corrected chi connectivity index (χ4v) is 1.50. The van der Waals surface area contributed by atoms with Gasteiger partial charge in [0.1, 0.15) is 0 Å². The van der Waals surface area contributed by atoms with Gasteiger partial charge < -0.3 is 15.7 Å². The first-order valence-electron chi connectivity index (χ1n) is 6.16. The Morgan fingerprint density at radius 2 is 1.95 bits per heavy atom. The lowest BCUT2D eigenvalue weighted by molar-refractivity contribution is -0.116. The highest BCUT2D eigenvalue weighted by atomic mass is 16.4. The highest BCUT2D eigenvalue weighted by molar-refractivity contribution is 5.93. The molecule has 0 aliphatic carbocycles. The Kier molecular flexibility index (Phi) is 5.06. The maximum Gasteiger partial charge on any atom is 0.335 e. The van der Waals surface area contributed by atoms with E-state index >= 15 is 0 Å². The zero-order valence-corrected chi connectivity index (χ0v) is 11.5. The predicted molar refractivity (Wildman–Crippen MR) is 74.4 cm³/mol. The van der Waals surface area contributed by atoms with E-state index < -0.39 is 5.97 Å². The van der Waals surface area contributed by atoms with Crippen LogP contribution < -0.4 is 10.6 Å². The first kappa shape index (κ1) is 15.2. The molecule has 0 heterocycles. The summed E-state index contributed by atoms with van der Waals surface area (Å²) in [6.07, 6.45) is 0.342. The summed E-state index contributed by atoms with van der Waals surface area (Å²) in [4.78, 5) is 22.5. The molecular weight excluding hydrogens is 244 g/mol. The third kappa shape index (κ3) is 6.01. The van der Waals surface area contributed by atoms with Crippen molar-refractivity contribution in [1.29, 1.82) is 0 Å². The Hall–Kier alpha value is -1.88. The summed E-state index contributed by atoms with van der Waals surface area (Å²) >= 11 is 0. The number of benzene rings is 1. The lowest BCUT2D eigenvalue weighted by atomic mass is 10.1. The number of hydrogen-bond acceptors (Lipinski definition) is 3. The summed E-state index contributed by atoms with van der Waals surface area (Å²) in [6.45, 7) is 6.66. The summed E-state index contributed by atoms with van der Waals surface area (Å²) in [5, 5.41) is 14.7. The Bertz CT molecular complexity index is 464. The number of carboxylic acid groups (broad SMARTS) is 1. The average Bonchev–Trinajstić information content (AvgIpc) is 2.27. The number of nitrogens with one attached hydrogen (secondary N) is 2. The van der Waals surface area contributed by atoms with Gasteiger partial charge in [0.05, 0.1) is 5.56 Å². The highest BCUT2D eigenvalue weighted by Crippen LogP contribution is 2.11. The van der Waals surface area contributed by atoms with Gasteiger partial charge >= 0.3 is 5.97 Å². The Balaban J connectivity index is 2.48. The first-order chi connectivity index (χ1) is 8.78. The molecule has 0 bridgehead atoms. The fourth-order valence-electron chi connectivity index (χ4n) is 1.50. The van der Waals surface area contributed by atoms with E-state index in [0.717, 1.165) is 0 Å². The fraction of sp³-hybridized carbons (Fsp3) is 0.429. The Morgan fingerprint density at radius 3 is 2.53 bits per heavy atom. The smallest absolute Gasteiger partial charge is 0.335 e. The molecule has 0 saturated heterocycles. The molecule has 0 spiro atoms. The van der Waals surface area contributed by atoms with Crippen LogP contribution in [-0.4, -0.2) is 29.1 Å². The summed E-state index contributed by atoms with van der Waals surface area (Å²) < 4.78 is 0. The number of hydrogen-bond donors (Lipinski definition) is 3. The summed E-state index contributed by atoms with van der Waals surface area (Å²) in [6, 6.07) is 6.20. The molecule has 104 valence electrons. The van der Waals surface area contributed by atoms with Crippen LogP contribution in [0.1, 0.15) is 37.6 Å². The van der Waals surface area contributed by atoms with Gasteiger partial charge in [-0.15, -0.1) is 0 Å². The van der Waals surface area contributed by atoms with Gasteiger partial charge in [0.2, 0.25) is 5.91 Å². The second-order valence-corrected chi connectivity index (χ2v) is 5.36. The topological polar surface area (TPSA) is 78.4 Å². The highest BCUT2D eigenvalue weighted by Gasteiger charge is 2.10. The molecule has 0 atom stereocenters. The molecule has 0 aliphatic rings. The minimum absolute atomic E-state index is 0.0243. The summed E-state index contributed by atoms with van der Waals surface area (Å²) in [7, 11) is 0. The molecule has 0 saturated carbocycles. The van der Waals surface area contributed by atoms with Crippen molar-refractivity contribution in [3.63, 3.8) is 0 Å². The van der Waals surface area contributed by atoms with Crippen LogP contribution in [0.5, 0.6) is 0 Å². The zero-order valence-electron chi connectivity index (χ0n) is 11.5. The summed E-state index contributed by atoms with van der Waals surface area (Å²) in [5.41, 5.74) is 0.634. The molecule has 0 unspecified atom stereocenters. The van der Waals surface area contributed by atoms with E-state index in [0.29, 0.717) is 18.7 Å². The predicted octanol–water partition coefficient (Wildman–Crippen LogP) is 2.10. The van der Waals surface area contributed by atoms with Crippen molar-refractivity contribution in [2.45, 2.75) is 32.7 Å². The Labute approximate surface area is 113 Å². The molecule has 0 radical (unpaired) electrons. The van der Waals surface area contributed by atoms with Crippen molar-refractivity contribution >= 4 is 17.6 Å². The Morgan fingerprint density at radius 1 is 1.26 bits per heavy atom. The van der Waals surface area contributed by atoms with Gasteiger partial charge in [0.25, 0.3) is 0 Å². The van der Waals surface area contributed by atoms with Crippen molar-refractivity contribution in [1.82, 2.24) is 5.32 Å². The van der Waals surface area contributed by atoms with Crippen LogP contribution in [0.15, 0.2) is 24.3 Å². The number of anilines is 1. The normalized spacial score (nSPS) is 11.1. The van der Waals surface area contributed by atoms with Gasteiger partial charge in [-0.1, -0.05) is 6.07 Å². The van der Waals surface area contributed by atoms with Crippen LogP contribution in [0, 0.1) is 0 Å². The van der Waals surface area contributed by atoms with Crippen LogP contribution in [0.2, 0.25) is 0 Å². The minimum atomic E-state index is -1.01. The minimum Gasteiger partial charge on any atom is -0.478 e. The van der Waals surface area contributed by atoms with Crippen LogP contribution >= 0.6 is 0 Å².